The third-order valence-electron chi connectivity index (χ3n) is 3.19. The molecule has 1 heterocycles. The molecule has 6 nitrogen and oxygen atoms in total. The fourth-order valence-corrected chi connectivity index (χ4v) is 2.11. The average molecular weight is 263 g/mol. The smallest absolute Gasteiger partial charge is 0.251 e. The SMILES string of the molecule is CO[C@H]1CNCC1NC(=O)c1cccc(C(N)=O)c1. The molecule has 4 N–H and O–H groups in total. The number of ether oxygens (including phenoxy) is 1. The van der Waals surface area contributed by atoms with Gasteiger partial charge in [0.15, 0.2) is 0 Å². The number of primary amides is 1. The number of methoxy groups -OCH3 is 1. The van der Waals surface area contributed by atoms with Crippen molar-refractivity contribution in [1.82, 2.24) is 10.6 Å². The van der Waals surface area contributed by atoms with Crippen molar-refractivity contribution in [1.29, 1.82) is 0 Å². The number of hydrogen-bond acceptors (Lipinski definition) is 4. The van der Waals surface area contributed by atoms with Gasteiger partial charge in [-0.2, -0.15) is 0 Å². The summed E-state index contributed by atoms with van der Waals surface area (Å²) in [6.07, 6.45) is -0.0386. The quantitative estimate of drug-likeness (QED) is 0.683. The minimum Gasteiger partial charge on any atom is -0.378 e. The third-order valence-corrected chi connectivity index (χ3v) is 3.19. The number of nitrogens with two attached hydrogens (primary N) is 1. The van der Waals surface area contributed by atoms with Crippen LogP contribution in [0, 0.1) is 0 Å². The van der Waals surface area contributed by atoms with Gasteiger partial charge in [0.25, 0.3) is 5.91 Å². The van der Waals surface area contributed by atoms with E-state index in [1.807, 2.05) is 0 Å². The molecule has 1 aromatic carbocycles. The standard InChI is InChI=1S/C13H17N3O3/c1-19-11-7-15-6-10(11)16-13(18)9-4-2-3-8(5-9)12(14)17/h2-5,10-11,15H,6-7H2,1H3,(H2,14,17)(H,16,18)/t10?,11-/m0/s1. The van der Waals surface area contributed by atoms with Crippen molar-refractivity contribution in [3.05, 3.63) is 35.4 Å². The topological polar surface area (TPSA) is 93.4 Å². The summed E-state index contributed by atoms with van der Waals surface area (Å²) in [4.78, 5) is 23.2. The van der Waals surface area contributed by atoms with Crippen LogP contribution in [0.3, 0.4) is 0 Å². The van der Waals surface area contributed by atoms with E-state index in [4.69, 9.17) is 10.5 Å². The van der Waals surface area contributed by atoms with Crippen LogP contribution in [-0.4, -0.2) is 44.2 Å². The van der Waals surface area contributed by atoms with Gasteiger partial charge in [-0.15, -0.1) is 0 Å². The summed E-state index contributed by atoms with van der Waals surface area (Å²) in [7, 11) is 1.62. The maximum Gasteiger partial charge on any atom is 0.251 e. The Bertz CT molecular complexity index is 490. The van der Waals surface area contributed by atoms with E-state index in [0.717, 1.165) is 0 Å². The molecule has 1 fully saturated rings. The second kappa shape index (κ2) is 5.81. The van der Waals surface area contributed by atoms with Crippen molar-refractivity contribution in [3.8, 4) is 0 Å². The zero-order valence-electron chi connectivity index (χ0n) is 10.7. The molecule has 6 heteroatoms. The van der Waals surface area contributed by atoms with E-state index in [0.29, 0.717) is 24.2 Å². The van der Waals surface area contributed by atoms with Crippen molar-refractivity contribution in [3.63, 3.8) is 0 Å². The van der Waals surface area contributed by atoms with E-state index in [1.54, 1.807) is 25.3 Å². The van der Waals surface area contributed by atoms with E-state index in [1.165, 1.54) is 6.07 Å². The van der Waals surface area contributed by atoms with Crippen LogP contribution in [0.1, 0.15) is 20.7 Å². The minimum atomic E-state index is -0.549. The third kappa shape index (κ3) is 3.10. The summed E-state index contributed by atoms with van der Waals surface area (Å²) >= 11 is 0. The fourth-order valence-electron chi connectivity index (χ4n) is 2.11. The van der Waals surface area contributed by atoms with E-state index in [9.17, 15) is 9.59 Å². The lowest BCUT2D eigenvalue weighted by Gasteiger charge is -2.18. The lowest BCUT2D eigenvalue weighted by molar-refractivity contribution is 0.0780. The first-order valence-electron chi connectivity index (χ1n) is 6.06. The molecule has 1 aliphatic rings. The number of benzene rings is 1. The zero-order valence-corrected chi connectivity index (χ0v) is 10.7. The highest BCUT2D eigenvalue weighted by Gasteiger charge is 2.28. The highest BCUT2D eigenvalue weighted by molar-refractivity contribution is 5.99. The van der Waals surface area contributed by atoms with Gasteiger partial charge in [-0.3, -0.25) is 9.59 Å². The second-order valence-corrected chi connectivity index (χ2v) is 4.46. The summed E-state index contributed by atoms with van der Waals surface area (Å²) in [6.45, 7) is 1.38. The summed E-state index contributed by atoms with van der Waals surface area (Å²) in [5.74, 6) is -0.786. The predicted molar refractivity (Wildman–Crippen MR) is 69.9 cm³/mol. The van der Waals surface area contributed by atoms with Gasteiger partial charge >= 0.3 is 0 Å². The van der Waals surface area contributed by atoms with Crippen molar-refractivity contribution in [2.75, 3.05) is 20.2 Å². The first-order chi connectivity index (χ1) is 9.11. The molecule has 1 aromatic rings. The molecule has 0 saturated carbocycles. The fraction of sp³-hybridized carbons (Fsp3) is 0.385. The van der Waals surface area contributed by atoms with Gasteiger partial charge in [0.05, 0.1) is 12.1 Å². The van der Waals surface area contributed by atoms with Crippen molar-refractivity contribution >= 4 is 11.8 Å². The van der Waals surface area contributed by atoms with E-state index < -0.39 is 5.91 Å². The molecular weight excluding hydrogens is 246 g/mol. The van der Waals surface area contributed by atoms with Crippen LogP contribution in [0.25, 0.3) is 0 Å². The first kappa shape index (κ1) is 13.5. The molecule has 2 rings (SSSR count). The highest BCUT2D eigenvalue weighted by Crippen LogP contribution is 2.08. The lowest BCUT2D eigenvalue weighted by Crippen LogP contribution is -2.43. The normalized spacial score (nSPS) is 22.2. The molecule has 1 aliphatic heterocycles. The Balaban J connectivity index is 2.07. The molecule has 0 spiro atoms. The van der Waals surface area contributed by atoms with Crippen LogP contribution < -0.4 is 16.4 Å². The number of carbonyl (C=O) groups is 2. The molecular formula is C13H17N3O3. The van der Waals surface area contributed by atoms with Crippen LogP contribution >= 0.6 is 0 Å². The summed E-state index contributed by atoms with van der Waals surface area (Å²) < 4.78 is 5.27. The minimum absolute atomic E-state index is 0.0386. The average Bonchev–Trinajstić information content (AvgIpc) is 2.86. The van der Waals surface area contributed by atoms with Gasteiger partial charge in [0.2, 0.25) is 5.91 Å². The summed E-state index contributed by atoms with van der Waals surface area (Å²) in [5, 5.41) is 6.03. The lowest BCUT2D eigenvalue weighted by atomic mass is 10.1. The molecule has 0 bridgehead atoms. The van der Waals surface area contributed by atoms with Gasteiger partial charge in [-0.1, -0.05) is 6.07 Å². The zero-order chi connectivity index (χ0) is 13.8. The van der Waals surface area contributed by atoms with Gasteiger partial charge < -0.3 is 21.1 Å². The van der Waals surface area contributed by atoms with Gasteiger partial charge in [-0.25, -0.2) is 0 Å². The van der Waals surface area contributed by atoms with Crippen molar-refractivity contribution in [2.24, 2.45) is 5.73 Å². The van der Waals surface area contributed by atoms with Crippen molar-refractivity contribution < 1.29 is 14.3 Å². The Morgan fingerprint density at radius 3 is 2.79 bits per heavy atom. The van der Waals surface area contributed by atoms with Crippen LogP contribution in [0.4, 0.5) is 0 Å². The Kier molecular flexibility index (Phi) is 4.13. The van der Waals surface area contributed by atoms with Crippen LogP contribution in [0.15, 0.2) is 24.3 Å². The van der Waals surface area contributed by atoms with Gasteiger partial charge in [-0.05, 0) is 18.2 Å². The van der Waals surface area contributed by atoms with Crippen LogP contribution in [-0.2, 0) is 4.74 Å². The monoisotopic (exact) mass is 263 g/mol. The molecule has 0 radical (unpaired) electrons. The Morgan fingerprint density at radius 1 is 1.37 bits per heavy atom. The Hall–Kier alpha value is -1.92. The van der Waals surface area contributed by atoms with Crippen LogP contribution in [0.2, 0.25) is 0 Å². The maximum absolute atomic E-state index is 12.1. The Morgan fingerprint density at radius 2 is 2.11 bits per heavy atom. The van der Waals surface area contributed by atoms with Crippen LogP contribution in [0.5, 0.6) is 0 Å². The molecule has 1 saturated heterocycles. The first-order valence-corrected chi connectivity index (χ1v) is 6.06. The molecule has 1 unspecified atom stereocenters. The molecule has 2 atom stereocenters. The summed E-state index contributed by atoms with van der Waals surface area (Å²) in [6, 6.07) is 6.27. The molecule has 19 heavy (non-hydrogen) atoms. The largest absolute Gasteiger partial charge is 0.378 e. The van der Waals surface area contributed by atoms with Crippen molar-refractivity contribution in [2.45, 2.75) is 12.1 Å². The number of amides is 2. The molecule has 102 valence electrons. The molecule has 0 aromatic heterocycles. The second-order valence-electron chi connectivity index (χ2n) is 4.46. The number of nitrogens with one attached hydrogen (secondary N) is 2. The molecule has 2 amide bonds. The van der Waals surface area contributed by atoms with E-state index in [-0.39, 0.29) is 18.1 Å². The number of hydrogen-bond donors (Lipinski definition) is 3. The maximum atomic E-state index is 12.1. The highest BCUT2D eigenvalue weighted by atomic mass is 16.5. The Labute approximate surface area is 111 Å². The number of carbonyl (C=O) groups excluding carboxylic acids is 2. The van der Waals surface area contributed by atoms with Gasteiger partial charge in [0.1, 0.15) is 0 Å². The van der Waals surface area contributed by atoms with Gasteiger partial charge in [0, 0.05) is 31.3 Å². The molecule has 0 aliphatic carbocycles. The summed E-state index contributed by atoms with van der Waals surface area (Å²) in [5.41, 5.74) is 5.92. The van der Waals surface area contributed by atoms with E-state index in [2.05, 4.69) is 10.6 Å². The van der Waals surface area contributed by atoms with E-state index >= 15 is 0 Å². The predicted octanol–water partition coefficient (Wildman–Crippen LogP) is -0.498. The number of rotatable bonds is 4.